The number of nitrogens with zero attached hydrogens (tertiary/aromatic N) is 1. The summed E-state index contributed by atoms with van der Waals surface area (Å²) in [6.45, 7) is 0.136. The molecule has 12 heteroatoms. The molecule has 1 saturated heterocycles. The lowest BCUT2D eigenvalue weighted by Gasteiger charge is -2.34. The molecule has 1 heterocycles. The van der Waals surface area contributed by atoms with Gasteiger partial charge < -0.3 is 14.2 Å². The molecule has 3 rings (SSSR count). The van der Waals surface area contributed by atoms with Crippen molar-refractivity contribution in [1.82, 2.24) is 4.31 Å². The van der Waals surface area contributed by atoms with Crippen molar-refractivity contribution in [1.29, 1.82) is 0 Å². The van der Waals surface area contributed by atoms with Crippen molar-refractivity contribution in [3.63, 3.8) is 0 Å². The number of benzene rings is 2. The number of carbonyl (C=O) groups is 2. The summed E-state index contributed by atoms with van der Waals surface area (Å²) in [6, 6.07) is 8.54. The number of hydrogen-bond acceptors (Lipinski definition) is 7. The molecule has 2 aromatic carbocycles. The van der Waals surface area contributed by atoms with Gasteiger partial charge in [-0.2, -0.15) is 13.1 Å². The Hall–Kier alpha value is -2.60. The first-order chi connectivity index (χ1) is 16.0. The van der Waals surface area contributed by atoms with Gasteiger partial charge in [0, 0.05) is 18.7 Å². The van der Waals surface area contributed by atoms with Crippen LogP contribution in [0.3, 0.4) is 0 Å². The topological polar surface area (TPSA) is 99.2 Å². The molecular weight excluding hydrogens is 496 g/mol. The minimum absolute atomic E-state index is 0.0643. The molecule has 1 aliphatic rings. The van der Waals surface area contributed by atoms with Crippen LogP contribution in [-0.2, 0) is 19.5 Å². The summed E-state index contributed by atoms with van der Waals surface area (Å²) >= 11 is 6.13. The Bertz CT molecular complexity index is 1150. The van der Waals surface area contributed by atoms with Crippen molar-refractivity contribution < 1.29 is 41.0 Å². The zero-order chi connectivity index (χ0) is 25.0. The number of carbonyl (C=O) groups excluding carboxylic acids is 2. The second-order valence-corrected chi connectivity index (χ2v) is 9.94. The number of morpholine rings is 1. The summed E-state index contributed by atoms with van der Waals surface area (Å²) in [5.41, 5.74) is 0.00941. The number of halogens is 3. The quantitative estimate of drug-likeness (QED) is 0.388. The number of esters is 1. The molecule has 2 aromatic rings. The fraction of sp³-hybridized carbons (Fsp3) is 0.364. The molecule has 0 N–H and O–H groups in total. The van der Waals surface area contributed by atoms with Gasteiger partial charge in [-0.15, -0.1) is 0 Å². The Morgan fingerprint density at radius 1 is 1.09 bits per heavy atom. The molecule has 0 spiro atoms. The van der Waals surface area contributed by atoms with E-state index in [0.717, 1.165) is 6.07 Å². The van der Waals surface area contributed by atoms with Crippen LogP contribution in [0.25, 0.3) is 0 Å². The van der Waals surface area contributed by atoms with E-state index in [-0.39, 0.29) is 52.1 Å². The average molecular weight is 518 g/mol. The first-order valence-electron chi connectivity index (χ1n) is 10.2. The van der Waals surface area contributed by atoms with Crippen LogP contribution in [0.5, 0.6) is 5.75 Å². The van der Waals surface area contributed by atoms with E-state index in [9.17, 15) is 26.8 Å². The maximum absolute atomic E-state index is 13.1. The van der Waals surface area contributed by atoms with Crippen LogP contribution in [0, 0.1) is 0 Å². The average Bonchev–Trinajstić information content (AvgIpc) is 2.77. The predicted octanol–water partition coefficient (Wildman–Crippen LogP) is 3.78. The third-order valence-electron chi connectivity index (χ3n) is 4.91. The molecule has 8 nitrogen and oxygen atoms in total. The Morgan fingerprint density at radius 2 is 1.68 bits per heavy atom. The summed E-state index contributed by atoms with van der Waals surface area (Å²) in [6.07, 6.45) is -0.625. The molecule has 0 bridgehead atoms. The predicted molar refractivity (Wildman–Crippen MR) is 118 cm³/mol. The van der Waals surface area contributed by atoms with E-state index in [0.29, 0.717) is 0 Å². The van der Waals surface area contributed by atoms with Gasteiger partial charge in [0.05, 0.1) is 22.8 Å². The van der Waals surface area contributed by atoms with Gasteiger partial charge in [0.1, 0.15) is 10.6 Å². The Morgan fingerprint density at radius 3 is 2.26 bits per heavy atom. The fourth-order valence-electron chi connectivity index (χ4n) is 3.41. The van der Waals surface area contributed by atoms with Crippen molar-refractivity contribution in [3.8, 4) is 5.75 Å². The Kier molecular flexibility index (Phi) is 8.24. The number of hydrogen-bond donors (Lipinski definition) is 0. The molecule has 0 amide bonds. The lowest BCUT2D eigenvalue weighted by atomic mass is 10.1. The summed E-state index contributed by atoms with van der Waals surface area (Å²) in [7, 11) is -4.02. The Labute approximate surface area is 200 Å². The number of alkyl halides is 2. The minimum atomic E-state index is -4.02. The van der Waals surface area contributed by atoms with E-state index in [1.165, 1.54) is 40.7 Å². The van der Waals surface area contributed by atoms with Crippen molar-refractivity contribution in [2.45, 2.75) is 37.6 Å². The van der Waals surface area contributed by atoms with Gasteiger partial charge in [0.2, 0.25) is 10.0 Å². The van der Waals surface area contributed by atoms with E-state index in [2.05, 4.69) is 4.74 Å². The van der Waals surface area contributed by atoms with E-state index >= 15 is 0 Å². The van der Waals surface area contributed by atoms with E-state index in [4.69, 9.17) is 21.1 Å². The van der Waals surface area contributed by atoms with E-state index in [1.807, 2.05) is 0 Å². The van der Waals surface area contributed by atoms with Crippen LogP contribution in [-0.4, -0.2) is 63.0 Å². The molecule has 0 radical (unpaired) electrons. The number of ketones is 1. The zero-order valence-electron chi connectivity index (χ0n) is 18.2. The molecule has 34 heavy (non-hydrogen) atoms. The van der Waals surface area contributed by atoms with Crippen LogP contribution in [0.2, 0.25) is 5.02 Å². The molecule has 184 valence electrons. The van der Waals surface area contributed by atoms with Crippen molar-refractivity contribution in [3.05, 3.63) is 58.6 Å². The minimum Gasteiger partial charge on any atom is -0.454 e. The maximum Gasteiger partial charge on any atom is 0.387 e. The molecule has 0 aromatic heterocycles. The number of Topliss-reactive ketones (excluding diaryl/α,β-unsaturated/α-hetero) is 1. The highest BCUT2D eigenvalue weighted by molar-refractivity contribution is 7.89. The zero-order valence-corrected chi connectivity index (χ0v) is 19.8. The molecule has 2 atom stereocenters. The van der Waals surface area contributed by atoms with Crippen molar-refractivity contribution >= 4 is 33.4 Å². The molecule has 0 saturated carbocycles. The van der Waals surface area contributed by atoms with Crippen molar-refractivity contribution in [2.24, 2.45) is 0 Å². The number of sulfonamides is 1. The summed E-state index contributed by atoms with van der Waals surface area (Å²) in [5.74, 6) is -1.64. The Balaban J connectivity index is 1.70. The largest absolute Gasteiger partial charge is 0.454 e. The summed E-state index contributed by atoms with van der Waals surface area (Å²) in [4.78, 5) is 24.5. The second-order valence-electron chi connectivity index (χ2n) is 7.63. The molecule has 2 unspecified atom stereocenters. The molecular formula is C22H22ClF2NO7S. The smallest absolute Gasteiger partial charge is 0.387 e. The monoisotopic (exact) mass is 517 g/mol. The van der Waals surface area contributed by atoms with Gasteiger partial charge in [-0.25, -0.2) is 13.2 Å². The highest BCUT2D eigenvalue weighted by Crippen LogP contribution is 2.28. The summed E-state index contributed by atoms with van der Waals surface area (Å²) < 4.78 is 66.8. The highest BCUT2D eigenvalue weighted by atomic mass is 35.5. The first kappa shape index (κ1) is 26.0. The third kappa shape index (κ3) is 6.29. The standard InChI is InChI=1S/C22H22ClF2NO7S/c1-13-10-26(11-14(2)32-13)34(29,30)20-9-16(5-8-18(20)23)21(28)31-12-19(27)15-3-6-17(7-4-15)33-22(24)25/h3-9,13-14,22H,10-12H2,1-2H3. The molecule has 1 fully saturated rings. The van der Waals surface area contributed by atoms with Crippen LogP contribution < -0.4 is 4.74 Å². The highest BCUT2D eigenvalue weighted by Gasteiger charge is 2.34. The lowest BCUT2D eigenvalue weighted by Crippen LogP contribution is -2.48. The van der Waals surface area contributed by atoms with Gasteiger partial charge in [-0.3, -0.25) is 4.79 Å². The van der Waals surface area contributed by atoms with E-state index in [1.54, 1.807) is 13.8 Å². The van der Waals surface area contributed by atoms with Gasteiger partial charge in [-0.05, 0) is 56.3 Å². The van der Waals surface area contributed by atoms with Crippen molar-refractivity contribution in [2.75, 3.05) is 19.7 Å². The fourth-order valence-corrected chi connectivity index (χ4v) is 5.51. The molecule has 0 aliphatic carbocycles. The summed E-state index contributed by atoms with van der Waals surface area (Å²) in [5, 5.41) is -0.0643. The van der Waals surface area contributed by atoms with Crippen LogP contribution in [0.15, 0.2) is 47.4 Å². The number of rotatable bonds is 8. The van der Waals surface area contributed by atoms with Gasteiger partial charge in [0.25, 0.3) is 0 Å². The molecule has 1 aliphatic heterocycles. The second kappa shape index (κ2) is 10.8. The normalized spacial score (nSPS) is 19.1. The third-order valence-corrected chi connectivity index (χ3v) is 7.22. The van der Waals surface area contributed by atoms with Crippen LogP contribution in [0.1, 0.15) is 34.6 Å². The van der Waals surface area contributed by atoms with Gasteiger partial charge in [0.15, 0.2) is 12.4 Å². The SMILES string of the molecule is CC1CN(S(=O)(=O)c2cc(C(=O)OCC(=O)c3ccc(OC(F)F)cc3)ccc2Cl)CC(C)O1. The van der Waals surface area contributed by atoms with Crippen LogP contribution in [0.4, 0.5) is 8.78 Å². The maximum atomic E-state index is 13.1. The number of ether oxygens (including phenoxy) is 3. The lowest BCUT2D eigenvalue weighted by molar-refractivity contribution is -0.0498. The van der Waals surface area contributed by atoms with Gasteiger partial charge in [-0.1, -0.05) is 11.6 Å². The van der Waals surface area contributed by atoms with Crippen LogP contribution >= 0.6 is 11.6 Å². The first-order valence-corrected chi connectivity index (χ1v) is 12.0. The van der Waals surface area contributed by atoms with Gasteiger partial charge >= 0.3 is 12.6 Å². The van der Waals surface area contributed by atoms with E-state index < -0.39 is 35.0 Å².